The second-order valence-corrected chi connectivity index (χ2v) is 6.20. The van der Waals surface area contributed by atoms with Crippen molar-refractivity contribution in [3.63, 3.8) is 0 Å². The molecule has 0 radical (unpaired) electrons. The molecule has 1 N–H and O–H groups in total. The molecule has 0 aliphatic rings. The van der Waals surface area contributed by atoms with Crippen LogP contribution in [-0.4, -0.2) is 31.0 Å². The van der Waals surface area contributed by atoms with E-state index in [-0.39, 0.29) is 17.8 Å². The Kier molecular flexibility index (Phi) is 7.61. The number of rotatable bonds is 7. The molecule has 25 heavy (non-hydrogen) atoms. The molecule has 0 unspecified atom stereocenters. The Hall–Kier alpha value is -2.37. The molecule has 138 valence electrons. The highest BCUT2D eigenvalue weighted by atomic mass is 16.5. The van der Waals surface area contributed by atoms with Gasteiger partial charge in [0, 0.05) is 25.8 Å². The van der Waals surface area contributed by atoms with Crippen LogP contribution in [-0.2, 0) is 32.0 Å². The SMILES string of the molecule is CCc1c(C[C@H](NC(C)=O)C(=O)OC)ccc(OC(C)=O)c1C(C)C. The molecule has 6 heteroatoms. The minimum Gasteiger partial charge on any atom is -0.467 e. The number of carbonyl (C=O) groups is 3. The van der Waals surface area contributed by atoms with Crippen LogP contribution in [0.4, 0.5) is 0 Å². The third kappa shape index (κ3) is 5.59. The first kappa shape index (κ1) is 20.7. The molecule has 0 fully saturated rings. The molecule has 0 aliphatic carbocycles. The second kappa shape index (κ2) is 9.20. The number of methoxy groups -OCH3 is 1. The first-order chi connectivity index (χ1) is 11.7. The van der Waals surface area contributed by atoms with Gasteiger partial charge in [0.15, 0.2) is 0 Å². The Balaban J connectivity index is 3.34. The second-order valence-electron chi connectivity index (χ2n) is 6.20. The third-order valence-electron chi connectivity index (χ3n) is 3.89. The van der Waals surface area contributed by atoms with Crippen LogP contribution in [0.2, 0.25) is 0 Å². The summed E-state index contributed by atoms with van der Waals surface area (Å²) in [5, 5.41) is 2.63. The van der Waals surface area contributed by atoms with E-state index in [0.717, 1.165) is 16.7 Å². The zero-order valence-electron chi connectivity index (χ0n) is 15.8. The van der Waals surface area contributed by atoms with Gasteiger partial charge >= 0.3 is 11.9 Å². The van der Waals surface area contributed by atoms with E-state index >= 15 is 0 Å². The van der Waals surface area contributed by atoms with Crippen LogP contribution in [0.5, 0.6) is 5.75 Å². The highest BCUT2D eigenvalue weighted by molar-refractivity contribution is 5.83. The van der Waals surface area contributed by atoms with Gasteiger partial charge in [0.1, 0.15) is 11.8 Å². The lowest BCUT2D eigenvalue weighted by atomic mass is 9.88. The number of hydrogen-bond donors (Lipinski definition) is 1. The average Bonchev–Trinajstić information content (AvgIpc) is 2.52. The maximum absolute atomic E-state index is 12.0. The number of carbonyl (C=O) groups excluding carboxylic acids is 3. The average molecular weight is 349 g/mol. The van der Waals surface area contributed by atoms with Crippen molar-refractivity contribution in [3.8, 4) is 5.75 Å². The fraction of sp³-hybridized carbons (Fsp3) is 0.526. The van der Waals surface area contributed by atoms with Crippen LogP contribution in [0.1, 0.15) is 57.2 Å². The van der Waals surface area contributed by atoms with Crippen molar-refractivity contribution in [1.29, 1.82) is 0 Å². The van der Waals surface area contributed by atoms with Crippen LogP contribution in [0.15, 0.2) is 12.1 Å². The summed E-state index contributed by atoms with van der Waals surface area (Å²) < 4.78 is 10.1. The molecule has 1 rings (SSSR count). The molecule has 1 aromatic carbocycles. The summed E-state index contributed by atoms with van der Waals surface area (Å²) in [7, 11) is 1.29. The highest BCUT2D eigenvalue weighted by Crippen LogP contribution is 2.33. The Bertz CT molecular complexity index is 651. The Morgan fingerprint density at radius 1 is 1.16 bits per heavy atom. The topological polar surface area (TPSA) is 81.7 Å². The zero-order chi connectivity index (χ0) is 19.1. The molecule has 0 heterocycles. The largest absolute Gasteiger partial charge is 0.467 e. The lowest BCUT2D eigenvalue weighted by Crippen LogP contribution is -2.42. The molecule has 0 saturated heterocycles. The standard InChI is InChI=1S/C19H27NO5/c1-7-15-14(10-16(19(23)24-6)20-12(4)21)8-9-17(25-13(5)22)18(15)11(2)3/h8-9,11,16H,7,10H2,1-6H3,(H,20,21)/t16-/m0/s1. The Labute approximate surface area is 148 Å². The lowest BCUT2D eigenvalue weighted by molar-refractivity contribution is -0.144. The van der Waals surface area contributed by atoms with Gasteiger partial charge in [-0.3, -0.25) is 9.59 Å². The molecule has 0 saturated carbocycles. The summed E-state index contributed by atoms with van der Waals surface area (Å²) >= 11 is 0. The van der Waals surface area contributed by atoms with Crippen LogP contribution >= 0.6 is 0 Å². The van der Waals surface area contributed by atoms with E-state index in [4.69, 9.17) is 9.47 Å². The monoisotopic (exact) mass is 349 g/mol. The molecule has 0 bridgehead atoms. The van der Waals surface area contributed by atoms with Gasteiger partial charge in [0.25, 0.3) is 0 Å². The Morgan fingerprint density at radius 3 is 2.24 bits per heavy atom. The molecule has 0 aliphatic heterocycles. The normalized spacial score (nSPS) is 11.8. The van der Waals surface area contributed by atoms with Crippen LogP contribution < -0.4 is 10.1 Å². The highest BCUT2D eigenvalue weighted by Gasteiger charge is 2.24. The van der Waals surface area contributed by atoms with Crippen molar-refractivity contribution >= 4 is 17.8 Å². The summed E-state index contributed by atoms with van der Waals surface area (Å²) in [6, 6.07) is 2.82. The molecule has 1 amide bonds. The van der Waals surface area contributed by atoms with Gasteiger partial charge in [-0.1, -0.05) is 26.8 Å². The van der Waals surface area contributed by atoms with Gasteiger partial charge < -0.3 is 14.8 Å². The number of nitrogens with one attached hydrogen (secondary N) is 1. The zero-order valence-corrected chi connectivity index (χ0v) is 15.8. The predicted molar refractivity (Wildman–Crippen MR) is 94.5 cm³/mol. The maximum atomic E-state index is 12.0. The van der Waals surface area contributed by atoms with E-state index in [2.05, 4.69) is 5.32 Å². The summed E-state index contributed by atoms with van der Waals surface area (Å²) in [5.41, 5.74) is 2.89. The Morgan fingerprint density at radius 2 is 1.80 bits per heavy atom. The van der Waals surface area contributed by atoms with E-state index in [1.165, 1.54) is 21.0 Å². The van der Waals surface area contributed by atoms with Gasteiger partial charge in [-0.05, 0) is 29.5 Å². The van der Waals surface area contributed by atoms with Crippen molar-refractivity contribution in [2.24, 2.45) is 0 Å². The maximum Gasteiger partial charge on any atom is 0.328 e. The number of ether oxygens (including phenoxy) is 2. The fourth-order valence-electron chi connectivity index (χ4n) is 2.97. The predicted octanol–water partition coefficient (Wildman–Crippen LogP) is 2.52. The molecule has 0 spiro atoms. The van der Waals surface area contributed by atoms with Crippen molar-refractivity contribution in [2.75, 3.05) is 7.11 Å². The van der Waals surface area contributed by atoms with Crippen molar-refractivity contribution in [3.05, 3.63) is 28.8 Å². The quantitative estimate of drug-likeness (QED) is 0.604. The van der Waals surface area contributed by atoms with Gasteiger partial charge in [-0.25, -0.2) is 4.79 Å². The first-order valence-corrected chi connectivity index (χ1v) is 8.39. The first-order valence-electron chi connectivity index (χ1n) is 8.39. The summed E-state index contributed by atoms with van der Waals surface area (Å²) in [6.45, 7) is 8.79. The summed E-state index contributed by atoms with van der Waals surface area (Å²) in [6.07, 6.45) is 1.03. The van der Waals surface area contributed by atoms with E-state index in [0.29, 0.717) is 18.6 Å². The molecule has 1 aromatic rings. The fourth-order valence-corrected chi connectivity index (χ4v) is 2.97. The van der Waals surface area contributed by atoms with Gasteiger partial charge in [-0.2, -0.15) is 0 Å². The van der Waals surface area contributed by atoms with Gasteiger partial charge in [0.2, 0.25) is 5.91 Å². The van der Waals surface area contributed by atoms with Crippen molar-refractivity contribution < 1.29 is 23.9 Å². The van der Waals surface area contributed by atoms with E-state index in [9.17, 15) is 14.4 Å². The summed E-state index contributed by atoms with van der Waals surface area (Å²) in [4.78, 5) is 34.7. The number of esters is 2. The molecule has 6 nitrogen and oxygen atoms in total. The smallest absolute Gasteiger partial charge is 0.328 e. The molecule has 1 atom stereocenters. The van der Waals surface area contributed by atoms with E-state index in [1.54, 1.807) is 6.07 Å². The molecule has 0 aromatic heterocycles. The minimum atomic E-state index is -0.757. The van der Waals surface area contributed by atoms with Crippen LogP contribution in [0, 0.1) is 0 Å². The number of amides is 1. The minimum absolute atomic E-state index is 0.140. The van der Waals surface area contributed by atoms with E-state index in [1.807, 2.05) is 26.8 Å². The van der Waals surface area contributed by atoms with Crippen LogP contribution in [0.25, 0.3) is 0 Å². The summed E-state index contributed by atoms with van der Waals surface area (Å²) in [5.74, 6) is -0.484. The third-order valence-corrected chi connectivity index (χ3v) is 3.89. The molecular formula is C19H27NO5. The van der Waals surface area contributed by atoms with Crippen molar-refractivity contribution in [1.82, 2.24) is 5.32 Å². The lowest BCUT2D eigenvalue weighted by Gasteiger charge is -2.22. The van der Waals surface area contributed by atoms with Gasteiger partial charge in [0.05, 0.1) is 7.11 Å². The number of benzene rings is 1. The molecular weight excluding hydrogens is 322 g/mol. The number of hydrogen-bond acceptors (Lipinski definition) is 5. The van der Waals surface area contributed by atoms with Crippen molar-refractivity contribution in [2.45, 2.75) is 59.4 Å². The van der Waals surface area contributed by atoms with Crippen LogP contribution in [0.3, 0.4) is 0 Å². The van der Waals surface area contributed by atoms with Gasteiger partial charge in [-0.15, -0.1) is 0 Å². The van der Waals surface area contributed by atoms with E-state index < -0.39 is 12.0 Å².